The second-order valence-corrected chi connectivity index (χ2v) is 5.51. The van der Waals surface area contributed by atoms with Crippen LogP contribution >= 0.6 is 0 Å². The molecule has 0 aliphatic heterocycles. The van der Waals surface area contributed by atoms with E-state index in [0.717, 1.165) is 13.8 Å². The Morgan fingerprint density at radius 2 is 1.13 bits per heavy atom. The third kappa shape index (κ3) is 34.4. The first-order valence-electron chi connectivity index (χ1n) is 9.23. The van der Waals surface area contributed by atoms with Gasteiger partial charge in [-0.05, 0) is 12.7 Å². The minimum atomic E-state index is -5.45. The van der Waals surface area contributed by atoms with Gasteiger partial charge in [0.2, 0.25) is 11.8 Å². The van der Waals surface area contributed by atoms with E-state index in [4.69, 9.17) is 11.0 Å². The molecule has 0 aliphatic rings. The Morgan fingerprint density at radius 3 is 1.30 bits per heavy atom. The Hall–Kier alpha value is 0.0197. The predicted octanol–water partition coefficient (Wildman–Crippen LogP) is -2.27. The van der Waals surface area contributed by atoms with Crippen molar-refractivity contribution >= 4 is 69.8 Å². The Labute approximate surface area is 177 Å². The molecule has 0 atom stereocenters. The Balaban J connectivity index is -0.000000490. The van der Waals surface area contributed by atoms with E-state index in [9.17, 15) is 35.5 Å². The molecule has 0 saturated carbocycles. The van der Waals surface area contributed by atoms with Crippen LogP contribution in [0.2, 0.25) is 0 Å². The fourth-order valence-electron chi connectivity index (χ4n) is 0.586. The maximum atomic E-state index is 10.5. The van der Waals surface area contributed by atoms with Crippen molar-refractivity contribution in [3.05, 3.63) is 0 Å². The van der Waals surface area contributed by atoms with E-state index in [1.54, 1.807) is 0 Å². The van der Waals surface area contributed by atoms with Crippen LogP contribution in [0, 0.1) is 0 Å². The molecule has 2 amide bonds. The summed E-state index contributed by atoms with van der Waals surface area (Å²) >= 11 is 0. The van der Waals surface area contributed by atoms with Crippen LogP contribution in [0.3, 0.4) is 0 Å². The van der Waals surface area contributed by atoms with Crippen molar-refractivity contribution in [2.45, 2.75) is 26.6 Å². The quantitative estimate of drug-likeness (QED) is 0.334. The molecule has 0 bridgehead atoms. The Morgan fingerprint density at radius 1 is 0.870 bits per heavy atom. The van der Waals surface area contributed by atoms with E-state index in [0.29, 0.717) is 0 Å². The number of carbonyl (C=O) groups is 2. The summed E-state index contributed by atoms with van der Waals surface area (Å²) < 4.78 is 119. The summed E-state index contributed by atoms with van der Waals surface area (Å²) in [7, 11) is -10.9. The van der Waals surface area contributed by atoms with Crippen molar-refractivity contribution in [3.8, 4) is 0 Å². The second-order valence-electron chi connectivity index (χ2n) is 3.29. The number of hydrogen-bond donors (Lipinski definition) is 2. The monoisotopic (exact) mass is 408 g/mol. The fourth-order valence-corrected chi connectivity index (χ4v) is 1.08. The van der Waals surface area contributed by atoms with Crippen LogP contribution in [0.15, 0.2) is 0 Å². The zero-order valence-corrected chi connectivity index (χ0v) is 16.0. The summed E-state index contributed by atoms with van der Waals surface area (Å²) in [6, 6.07) is 0. The zero-order valence-electron chi connectivity index (χ0n) is 20.2. The molecule has 0 aromatic carbocycles. The molecular weight excluding hydrogens is 380 g/mol. The van der Waals surface area contributed by atoms with Gasteiger partial charge in [-0.25, -0.2) is 16.8 Å². The molecule has 0 saturated heterocycles. The van der Waals surface area contributed by atoms with Crippen molar-refractivity contribution in [3.63, 3.8) is 0 Å². The smallest absolute Gasteiger partial charge is 0.748 e. The molecule has 0 aromatic heterocycles. The molecule has 0 aliphatic carbocycles. The van der Waals surface area contributed by atoms with Crippen molar-refractivity contribution in [2.75, 3.05) is 24.5 Å². The van der Waals surface area contributed by atoms with Crippen LogP contribution in [0.4, 0.5) is 0 Å². The second kappa shape index (κ2) is 14.4. The number of rotatable bonds is 8. The fraction of sp³-hybridized carbons (Fsp3) is 0.800. The van der Waals surface area contributed by atoms with Gasteiger partial charge in [0.25, 0.3) is 0 Å². The summed E-state index contributed by atoms with van der Waals surface area (Å²) in [4.78, 5) is 20.9. The summed E-state index contributed by atoms with van der Waals surface area (Å²) in [5.74, 6) is -1.31. The number of carbonyl (C=O) groups excluding carboxylic acids is 2. The Kier molecular flexibility index (Phi) is 8.88. The number of hydrogen-bond acceptors (Lipinski definition) is 8. The normalized spacial score (nSPS) is 18.3. The third-order valence-electron chi connectivity index (χ3n) is 1.25. The standard InChI is InChI=1S/2C5H11NO4S.Ca/c2*1-5(7)6-3-2-4-11(8,9)10;/h2*2-4H2,1H3,(H,6,7)(H,8,9,10);/q;;+2/p-2/i2*2D2,4D2;. The van der Waals surface area contributed by atoms with Crippen LogP contribution in [-0.2, 0) is 29.8 Å². The average Bonchev–Trinajstić information content (AvgIpc) is 2.49. The summed E-state index contributed by atoms with van der Waals surface area (Å²) in [6.45, 7) is 0.322. The van der Waals surface area contributed by atoms with Gasteiger partial charge in [-0.1, -0.05) is 0 Å². The van der Waals surface area contributed by atoms with E-state index < -0.39 is 69.3 Å². The first-order valence-corrected chi connectivity index (χ1v) is 8.05. The summed E-state index contributed by atoms with van der Waals surface area (Å²) in [6.07, 6.45) is -5.97. The van der Waals surface area contributed by atoms with Gasteiger partial charge in [0.05, 0.1) is 20.2 Å². The van der Waals surface area contributed by atoms with Gasteiger partial charge in [-0.3, -0.25) is 9.59 Å². The van der Waals surface area contributed by atoms with Crippen molar-refractivity contribution in [2.24, 2.45) is 0 Å². The number of amides is 2. The van der Waals surface area contributed by atoms with E-state index >= 15 is 0 Å². The summed E-state index contributed by atoms with van der Waals surface area (Å²) in [5.41, 5.74) is -7.19. The molecule has 0 radical (unpaired) electrons. The molecule has 132 valence electrons. The van der Waals surface area contributed by atoms with Crippen LogP contribution in [0.5, 0.6) is 0 Å². The molecule has 10 nitrogen and oxygen atoms in total. The minimum Gasteiger partial charge on any atom is -0.748 e. The molecule has 0 fully saturated rings. The van der Waals surface area contributed by atoms with E-state index in [-0.39, 0.29) is 37.7 Å². The average molecular weight is 409 g/mol. The maximum Gasteiger partial charge on any atom is 2.00 e. The van der Waals surface area contributed by atoms with Crippen LogP contribution in [0.25, 0.3) is 0 Å². The third-order valence-corrected chi connectivity index (χ3v) is 2.03. The van der Waals surface area contributed by atoms with Crippen LogP contribution < -0.4 is 10.6 Å². The van der Waals surface area contributed by atoms with Crippen molar-refractivity contribution < 1.29 is 46.5 Å². The predicted molar refractivity (Wildman–Crippen MR) is 81.5 cm³/mol. The topological polar surface area (TPSA) is 173 Å². The zero-order chi connectivity index (χ0) is 25.0. The molecule has 13 heteroatoms. The molecule has 0 aromatic rings. The molecule has 0 unspecified atom stereocenters. The molecule has 23 heavy (non-hydrogen) atoms. The molecule has 2 N–H and O–H groups in total. The largest absolute Gasteiger partial charge is 2.00 e. The molecule has 0 spiro atoms. The van der Waals surface area contributed by atoms with Crippen molar-refractivity contribution in [1.29, 1.82) is 0 Å². The van der Waals surface area contributed by atoms with Gasteiger partial charge in [0.15, 0.2) is 0 Å². The van der Waals surface area contributed by atoms with Gasteiger partial charge in [-0.15, -0.1) is 0 Å². The number of nitrogens with one attached hydrogen (secondary N) is 2. The van der Waals surface area contributed by atoms with Crippen LogP contribution in [0.1, 0.15) is 37.6 Å². The molecule has 0 heterocycles. The van der Waals surface area contributed by atoms with Crippen molar-refractivity contribution in [1.82, 2.24) is 10.6 Å². The SMILES string of the molecule is [2H]C([2H])(CNC(C)=O)C([2H])([2H])S(=O)(=O)[O-].[2H]C([2H])(CNC(C)=O)C([2H])([2H])S(=O)(=O)[O-].[Ca+2]. The first-order chi connectivity index (χ1) is 12.8. The van der Waals surface area contributed by atoms with Gasteiger partial charge in [0, 0.05) is 49.3 Å². The minimum absolute atomic E-state index is 0. The van der Waals surface area contributed by atoms with Crippen LogP contribution in [-0.4, -0.2) is 100.0 Å². The van der Waals surface area contributed by atoms with Gasteiger partial charge < -0.3 is 19.7 Å². The van der Waals surface area contributed by atoms with Gasteiger partial charge in [0.1, 0.15) is 0 Å². The van der Waals surface area contributed by atoms with E-state index in [1.807, 2.05) is 10.6 Å². The summed E-state index contributed by atoms with van der Waals surface area (Å²) in [5, 5.41) is 3.81. The van der Waals surface area contributed by atoms with E-state index in [1.165, 1.54) is 0 Å². The molecular formula is C10H20CaN2O8S2. The first kappa shape index (κ1) is 14.2. The van der Waals surface area contributed by atoms with Gasteiger partial charge >= 0.3 is 37.7 Å². The van der Waals surface area contributed by atoms with Gasteiger partial charge in [-0.2, -0.15) is 0 Å². The molecule has 0 rings (SSSR count). The van der Waals surface area contributed by atoms with E-state index in [2.05, 4.69) is 0 Å². The maximum absolute atomic E-state index is 10.5. The Bertz CT molecular complexity index is 780.